The Balaban J connectivity index is 1.99. The summed E-state index contributed by atoms with van der Waals surface area (Å²) in [6.07, 6.45) is 7.90. The SMILES string of the molecule is CSC1(CNc2ncc(N)cc2C)CCC1. The minimum atomic E-state index is 0.440. The molecule has 0 amide bonds. The number of aromatic nitrogens is 1. The molecular weight excluding hydrogens is 218 g/mol. The molecule has 0 spiro atoms. The van der Waals surface area contributed by atoms with E-state index < -0.39 is 0 Å². The molecule has 0 radical (unpaired) electrons. The van der Waals surface area contributed by atoms with Crippen LogP contribution >= 0.6 is 11.8 Å². The molecule has 1 saturated carbocycles. The van der Waals surface area contributed by atoms with Crippen LogP contribution in [0.25, 0.3) is 0 Å². The highest BCUT2D eigenvalue weighted by molar-refractivity contribution is 8.00. The fraction of sp³-hybridized carbons (Fsp3) is 0.583. The molecule has 4 heteroatoms. The largest absolute Gasteiger partial charge is 0.397 e. The standard InChI is InChI=1S/C12H19N3S/c1-9-6-10(13)7-14-11(9)15-8-12(16-2)4-3-5-12/h6-7H,3-5,8,13H2,1-2H3,(H,14,15). The van der Waals surface area contributed by atoms with Gasteiger partial charge in [0, 0.05) is 11.3 Å². The first-order chi connectivity index (χ1) is 7.65. The molecule has 3 nitrogen and oxygen atoms in total. The number of nitrogens with two attached hydrogens (primary N) is 1. The molecule has 1 aliphatic rings. The molecule has 0 unspecified atom stereocenters. The molecule has 0 bridgehead atoms. The minimum absolute atomic E-state index is 0.440. The van der Waals surface area contributed by atoms with Crippen molar-refractivity contribution in [1.29, 1.82) is 0 Å². The average Bonchev–Trinajstić information content (AvgIpc) is 2.19. The van der Waals surface area contributed by atoms with Crippen LogP contribution in [0.4, 0.5) is 11.5 Å². The molecule has 2 rings (SSSR count). The fourth-order valence-electron chi connectivity index (χ4n) is 2.05. The lowest BCUT2D eigenvalue weighted by molar-refractivity contribution is 0.379. The Morgan fingerprint density at radius 2 is 2.31 bits per heavy atom. The summed E-state index contributed by atoms with van der Waals surface area (Å²) in [6.45, 7) is 3.05. The van der Waals surface area contributed by atoms with Crippen LogP contribution in [-0.2, 0) is 0 Å². The number of hydrogen-bond acceptors (Lipinski definition) is 4. The van der Waals surface area contributed by atoms with E-state index in [1.54, 1.807) is 6.20 Å². The lowest BCUT2D eigenvalue weighted by Crippen LogP contribution is -2.40. The van der Waals surface area contributed by atoms with Crippen molar-refractivity contribution in [2.24, 2.45) is 0 Å². The number of rotatable bonds is 4. The maximum absolute atomic E-state index is 5.68. The summed E-state index contributed by atoms with van der Waals surface area (Å²) in [6, 6.07) is 1.96. The third-order valence-corrected chi connectivity index (χ3v) is 4.79. The molecule has 0 saturated heterocycles. The first-order valence-electron chi connectivity index (χ1n) is 5.66. The predicted molar refractivity (Wildman–Crippen MR) is 72.0 cm³/mol. The van der Waals surface area contributed by atoms with Crippen LogP contribution in [0.2, 0.25) is 0 Å². The Kier molecular flexibility index (Phi) is 3.28. The van der Waals surface area contributed by atoms with Crippen molar-refractivity contribution in [3.63, 3.8) is 0 Å². The van der Waals surface area contributed by atoms with Crippen LogP contribution in [0.15, 0.2) is 12.3 Å². The van der Waals surface area contributed by atoms with Crippen molar-refractivity contribution in [2.75, 3.05) is 23.9 Å². The number of nitrogen functional groups attached to an aromatic ring is 1. The quantitative estimate of drug-likeness (QED) is 0.845. The van der Waals surface area contributed by atoms with Gasteiger partial charge in [0.25, 0.3) is 0 Å². The molecule has 0 atom stereocenters. The van der Waals surface area contributed by atoms with Gasteiger partial charge in [-0.15, -0.1) is 0 Å². The Hall–Kier alpha value is -0.900. The van der Waals surface area contributed by atoms with Crippen molar-refractivity contribution >= 4 is 23.3 Å². The maximum Gasteiger partial charge on any atom is 0.129 e. The highest BCUT2D eigenvalue weighted by Gasteiger charge is 2.35. The topological polar surface area (TPSA) is 50.9 Å². The third kappa shape index (κ3) is 2.26. The van der Waals surface area contributed by atoms with Gasteiger partial charge < -0.3 is 11.1 Å². The number of hydrogen-bond donors (Lipinski definition) is 2. The number of anilines is 2. The molecule has 1 fully saturated rings. The second kappa shape index (κ2) is 4.53. The minimum Gasteiger partial charge on any atom is -0.397 e. The number of nitrogens with zero attached hydrogens (tertiary/aromatic N) is 1. The lowest BCUT2D eigenvalue weighted by Gasteiger charge is -2.40. The first kappa shape index (κ1) is 11.6. The highest BCUT2D eigenvalue weighted by Crippen LogP contribution is 2.42. The average molecular weight is 237 g/mol. The van der Waals surface area contributed by atoms with Gasteiger partial charge in [0.05, 0.1) is 11.9 Å². The van der Waals surface area contributed by atoms with Gasteiger partial charge in [0.2, 0.25) is 0 Å². The van der Waals surface area contributed by atoms with E-state index in [1.165, 1.54) is 19.3 Å². The van der Waals surface area contributed by atoms with Gasteiger partial charge in [-0.3, -0.25) is 0 Å². The molecule has 1 aromatic rings. The van der Waals surface area contributed by atoms with E-state index >= 15 is 0 Å². The monoisotopic (exact) mass is 237 g/mol. The van der Waals surface area contributed by atoms with E-state index in [-0.39, 0.29) is 0 Å². The fourth-order valence-corrected chi connectivity index (χ4v) is 2.96. The number of nitrogens with one attached hydrogen (secondary N) is 1. The predicted octanol–water partition coefficient (Wildman–Crippen LogP) is 2.67. The van der Waals surface area contributed by atoms with Gasteiger partial charge in [-0.2, -0.15) is 11.8 Å². The van der Waals surface area contributed by atoms with Gasteiger partial charge in [-0.05, 0) is 37.7 Å². The van der Waals surface area contributed by atoms with Gasteiger partial charge in [-0.1, -0.05) is 6.42 Å². The summed E-state index contributed by atoms with van der Waals surface area (Å²) >= 11 is 1.97. The lowest BCUT2D eigenvalue weighted by atomic mass is 9.84. The Morgan fingerprint density at radius 1 is 1.56 bits per heavy atom. The van der Waals surface area contributed by atoms with Crippen molar-refractivity contribution in [2.45, 2.75) is 30.9 Å². The number of aryl methyl sites for hydroxylation is 1. The molecule has 16 heavy (non-hydrogen) atoms. The van der Waals surface area contributed by atoms with E-state index in [0.717, 1.165) is 23.6 Å². The summed E-state index contributed by atoms with van der Waals surface area (Å²) in [5, 5.41) is 3.45. The van der Waals surface area contributed by atoms with Gasteiger partial charge in [-0.25, -0.2) is 4.98 Å². The molecule has 1 aliphatic carbocycles. The Bertz CT molecular complexity index is 369. The van der Waals surface area contributed by atoms with Crippen molar-refractivity contribution in [3.8, 4) is 0 Å². The summed E-state index contributed by atoms with van der Waals surface area (Å²) in [7, 11) is 0. The van der Waals surface area contributed by atoms with Gasteiger partial charge >= 0.3 is 0 Å². The highest BCUT2D eigenvalue weighted by atomic mass is 32.2. The van der Waals surface area contributed by atoms with Gasteiger partial charge in [0.15, 0.2) is 0 Å². The van der Waals surface area contributed by atoms with Gasteiger partial charge in [0.1, 0.15) is 5.82 Å². The summed E-state index contributed by atoms with van der Waals surface area (Å²) in [4.78, 5) is 4.33. The van der Waals surface area contributed by atoms with Crippen LogP contribution in [0, 0.1) is 6.92 Å². The van der Waals surface area contributed by atoms with Crippen LogP contribution in [0.5, 0.6) is 0 Å². The first-order valence-corrected chi connectivity index (χ1v) is 6.89. The van der Waals surface area contributed by atoms with Crippen LogP contribution < -0.4 is 11.1 Å². The zero-order valence-electron chi connectivity index (χ0n) is 9.92. The maximum atomic E-state index is 5.68. The third-order valence-electron chi connectivity index (χ3n) is 3.38. The van der Waals surface area contributed by atoms with E-state index in [0.29, 0.717) is 4.75 Å². The molecule has 0 aliphatic heterocycles. The van der Waals surface area contributed by atoms with E-state index in [1.807, 2.05) is 24.8 Å². The summed E-state index contributed by atoms with van der Waals surface area (Å²) < 4.78 is 0.440. The van der Waals surface area contributed by atoms with E-state index in [2.05, 4.69) is 16.6 Å². The molecule has 0 aromatic carbocycles. The molecular formula is C12H19N3S. The van der Waals surface area contributed by atoms with Crippen molar-refractivity contribution in [1.82, 2.24) is 4.98 Å². The normalized spacial score (nSPS) is 17.9. The zero-order valence-corrected chi connectivity index (χ0v) is 10.7. The molecule has 1 aromatic heterocycles. The molecule has 3 N–H and O–H groups in total. The summed E-state index contributed by atoms with van der Waals surface area (Å²) in [5.41, 5.74) is 7.53. The Morgan fingerprint density at radius 3 is 2.81 bits per heavy atom. The van der Waals surface area contributed by atoms with Crippen LogP contribution in [0.1, 0.15) is 24.8 Å². The number of pyridine rings is 1. The van der Waals surface area contributed by atoms with E-state index in [9.17, 15) is 0 Å². The zero-order chi connectivity index (χ0) is 11.6. The Labute approximate surface area is 101 Å². The van der Waals surface area contributed by atoms with Crippen LogP contribution in [0.3, 0.4) is 0 Å². The second-order valence-corrected chi connectivity index (χ2v) is 5.80. The summed E-state index contributed by atoms with van der Waals surface area (Å²) in [5.74, 6) is 0.967. The number of thioether (sulfide) groups is 1. The van der Waals surface area contributed by atoms with E-state index in [4.69, 9.17) is 5.73 Å². The second-order valence-electron chi connectivity index (χ2n) is 4.53. The molecule has 1 heterocycles. The molecule has 88 valence electrons. The van der Waals surface area contributed by atoms with Crippen LogP contribution in [-0.4, -0.2) is 22.5 Å². The van der Waals surface area contributed by atoms with Crippen molar-refractivity contribution in [3.05, 3.63) is 17.8 Å². The van der Waals surface area contributed by atoms with Crippen molar-refractivity contribution < 1.29 is 0 Å². The smallest absolute Gasteiger partial charge is 0.129 e.